The van der Waals surface area contributed by atoms with Crippen LogP contribution in [-0.2, 0) is 0 Å². The fraction of sp³-hybridized carbons (Fsp3) is 0.571. The topological polar surface area (TPSA) is 44.5 Å². The number of rotatable bonds is 3. The van der Waals surface area contributed by atoms with E-state index in [0.29, 0.717) is 5.92 Å². The summed E-state index contributed by atoms with van der Waals surface area (Å²) in [4.78, 5) is 0. The molecule has 3 nitrogen and oxygen atoms in total. The van der Waals surface area contributed by atoms with Crippen LogP contribution in [0.4, 0.5) is 0 Å². The quantitative estimate of drug-likeness (QED) is 0.872. The minimum absolute atomic E-state index is 0.0996. The lowest BCUT2D eigenvalue weighted by molar-refractivity contribution is 0.256. The summed E-state index contributed by atoms with van der Waals surface area (Å²) in [5, 5.41) is 0. The van der Waals surface area contributed by atoms with Gasteiger partial charge in [0.05, 0.1) is 13.7 Å². The van der Waals surface area contributed by atoms with Gasteiger partial charge in [0, 0.05) is 11.1 Å². The summed E-state index contributed by atoms with van der Waals surface area (Å²) < 4.78 is 11.0. The predicted octanol–water partition coefficient (Wildman–Crippen LogP) is 2.44. The largest absolute Gasteiger partial charge is 0.497 e. The molecule has 1 fully saturated rings. The molecule has 2 N–H and O–H groups in total. The van der Waals surface area contributed by atoms with Crippen LogP contribution in [0.1, 0.15) is 37.2 Å². The molecule has 1 heterocycles. The van der Waals surface area contributed by atoms with Crippen LogP contribution in [-0.4, -0.2) is 19.3 Å². The molecule has 92 valence electrons. The first-order valence-electron chi connectivity index (χ1n) is 6.30. The summed E-state index contributed by atoms with van der Waals surface area (Å²) in [5.74, 6) is 2.44. The minimum atomic E-state index is 0.0996. The van der Waals surface area contributed by atoms with Gasteiger partial charge in [0.1, 0.15) is 11.5 Å². The van der Waals surface area contributed by atoms with E-state index in [1.165, 1.54) is 18.4 Å². The van der Waals surface area contributed by atoms with Gasteiger partial charge in [0.25, 0.3) is 0 Å². The van der Waals surface area contributed by atoms with Gasteiger partial charge in [-0.05, 0) is 49.8 Å². The zero-order valence-corrected chi connectivity index (χ0v) is 10.2. The van der Waals surface area contributed by atoms with E-state index in [1.54, 1.807) is 7.11 Å². The van der Waals surface area contributed by atoms with Crippen LogP contribution >= 0.6 is 0 Å². The van der Waals surface area contributed by atoms with Crippen LogP contribution in [0, 0.1) is 0 Å². The number of hydrogen-bond acceptors (Lipinski definition) is 3. The summed E-state index contributed by atoms with van der Waals surface area (Å²) in [6.45, 7) is 0.806. The smallest absolute Gasteiger partial charge is 0.123 e. The van der Waals surface area contributed by atoms with Crippen molar-refractivity contribution >= 4 is 0 Å². The number of methoxy groups -OCH3 is 1. The zero-order chi connectivity index (χ0) is 11.9. The summed E-state index contributed by atoms with van der Waals surface area (Å²) in [6.07, 6.45) is 4.49. The van der Waals surface area contributed by atoms with Crippen molar-refractivity contribution in [1.29, 1.82) is 0 Å². The summed E-state index contributed by atoms with van der Waals surface area (Å²) in [7, 11) is 1.70. The molecule has 1 unspecified atom stereocenters. The van der Waals surface area contributed by atoms with Crippen molar-refractivity contribution in [2.24, 2.45) is 5.73 Å². The molecule has 0 aromatic heterocycles. The minimum Gasteiger partial charge on any atom is -0.497 e. The van der Waals surface area contributed by atoms with Crippen LogP contribution < -0.4 is 15.2 Å². The van der Waals surface area contributed by atoms with Crippen LogP contribution in [0.3, 0.4) is 0 Å². The fourth-order valence-electron chi connectivity index (χ4n) is 2.64. The molecule has 2 aliphatic rings. The average molecular weight is 233 g/mol. The third kappa shape index (κ3) is 2.12. The molecule has 1 aliphatic carbocycles. The third-order valence-electron chi connectivity index (χ3n) is 3.93. The fourth-order valence-corrected chi connectivity index (χ4v) is 2.64. The Morgan fingerprint density at radius 1 is 1.47 bits per heavy atom. The lowest BCUT2D eigenvalue weighted by Crippen LogP contribution is -2.27. The van der Waals surface area contributed by atoms with Crippen molar-refractivity contribution in [1.82, 2.24) is 0 Å². The van der Waals surface area contributed by atoms with Crippen molar-refractivity contribution in [2.75, 3.05) is 13.7 Å². The first-order valence-corrected chi connectivity index (χ1v) is 6.30. The Bertz CT molecular complexity index is 426. The van der Waals surface area contributed by atoms with Crippen LogP contribution in [0.5, 0.6) is 11.5 Å². The molecule has 1 aliphatic heterocycles. The van der Waals surface area contributed by atoms with E-state index < -0.39 is 0 Å². The van der Waals surface area contributed by atoms with Gasteiger partial charge in [0.15, 0.2) is 0 Å². The average Bonchev–Trinajstić information content (AvgIpc) is 3.07. The standard InChI is InChI=1S/C14H19NO2/c1-16-11-2-3-13-12(8-11)10(4-7-17-13)9-14(15)5-6-14/h2-3,8,10H,4-7,9,15H2,1H3. The normalized spacial score (nSPS) is 24.7. The van der Waals surface area contributed by atoms with Crippen LogP contribution in [0.2, 0.25) is 0 Å². The van der Waals surface area contributed by atoms with Gasteiger partial charge < -0.3 is 15.2 Å². The van der Waals surface area contributed by atoms with Crippen LogP contribution in [0.25, 0.3) is 0 Å². The monoisotopic (exact) mass is 233 g/mol. The highest BCUT2D eigenvalue weighted by Gasteiger charge is 2.41. The lowest BCUT2D eigenvalue weighted by atomic mass is 9.86. The molecular weight excluding hydrogens is 214 g/mol. The van der Waals surface area contributed by atoms with Gasteiger partial charge in [-0.1, -0.05) is 0 Å². The molecule has 1 aromatic rings. The Kier molecular flexibility index (Phi) is 2.51. The number of ether oxygens (including phenoxy) is 2. The second-order valence-electron chi connectivity index (χ2n) is 5.30. The first kappa shape index (κ1) is 10.9. The molecule has 0 spiro atoms. The van der Waals surface area contributed by atoms with E-state index in [9.17, 15) is 0 Å². The maximum Gasteiger partial charge on any atom is 0.123 e. The van der Waals surface area contributed by atoms with Gasteiger partial charge in [-0.2, -0.15) is 0 Å². The van der Waals surface area contributed by atoms with Gasteiger partial charge in [-0.25, -0.2) is 0 Å². The Balaban J connectivity index is 1.88. The second kappa shape index (κ2) is 3.91. The van der Waals surface area contributed by atoms with E-state index in [2.05, 4.69) is 6.07 Å². The molecule has 0 bridgehead atoms. The van der Waals surface area contributed by atoms with E-state index in [4.69, 9.17) is 15.2 Å². The molecule has 1 atom stereocenters. The molecule has 0 saturated heterocycles. The summed E-state index contributed by atoms with van der Waals surface area (Å²) in [6, 6.07) is 6.07. The highest BCUT2D eigenvalue weighted by atomic mass is 16.5. The maximum atomic E-state index is 6.23. The lowest BCUT2D eigenvalue weighted by Gasteiger charge is -2.28. The third-order valence-corrected chi connectivity index (χ3v) is 3.93. The highest BCUT2D eigenvalue weighted by molar-refractivity contribution is 5.44. The van der Waals surface area contributed by atoms with Crippen LogP contribution in [0.15, 0.2) is 18.2 Å². The van der Waals surface area contributed by atoms with E-state index in [-0.39, 0.29) is 5.54 Å². The molecule has 1 saturated carbocycles. The SMILES string of the molecule is COc1ccc2c(c1)C(CC1(N)CC1)CCO2. The summed E-state index contributed by atoms with van der Waals surface area (Å²) >= 11 is 0. The first-order chi connectivity index (χ1) is 8.20. The van der Waals surface area contributed by atoms with Crippen molar-refractivity contribution in [3.63, 3.8) is 0 Å². The molecule has 1 aromatic carbocycles. The second-order valence-corrected chi connectivity index (χ2v) is 5.30. The molecule has 17 heavy (non-hydrogen) atoms. The summed E-state index contributed by atoms with van der Waals surface area (Å²) in [5.41, 5.74) is 7.60. The van der Waals surface area contributed by atoms with Crippen molar-refractivity contribution in [2.45, 2.75) is 37.1 Å². The van der Waals surface area contributed by atoms with Gasteiger partial charge in [0.2, 0.25) is 0 Å². The van der Waals surface area contributed by atoms with E-state index >= 15 is 0 Å². The number of nitrogens with two attached hydrogens (primary N) is 1. The van der Waals surface area contributed by atoms with E-state index in [0.717, 1.165) is 30.9 Å². The Morgan fingerprint density at radius 3 is 3.00 bits per heavy atom. The number of hydrogen-bond donors (Lipinski definition) is 1. The van der Waals surface area contributed by atoms with Gasteiger partial charge in [-0.3, -0.25) is 0 Å². The number of benzene rings is 1. The molecule has 0 radical (unpaired) electrons. The zero-order valence-electron chi connectivity index (χ0n) is 10.2. The Labute approximate surface area is 102 Å². The number of fused-ring (bicyclic) bond motifs is 1. The molecular formula is C14H19NO2. The highest BCUT2D eigenvalue weighted by Crippen LogP contribution is 2.46. The molecule has 0 amide bonds. The molecule has 3 heteroatoms. The van der Waals surface area contributed by atoms with Crippen molar-refractivity contribution in [3.8, 4) is 11.5 Å². The van der Waals surface area contributed by atoms with E-state index in [1.807, 2.05) is 12.1 Å². The molecule has 3 rings (SSSR count). The maximum absolute atomic E-state index is 6.23. The van der Waals surface area contributed by atoms with Crippen molar-refractivity contribution < 1.29 is 9.47 Å². The van der Waals surface area contributed by atoms with Crippen molar-refractivity contribution in [3.05, 3.63) is 23.8 Å². The Morgan fingerprint density at radius 2 is 2.29 bits per heavy atom. The predicted molar refractivity (Wildman–Crippen MR) is 66.6 cm³/mol. The van der Waals surface area contributed by atoms with Gasteiger partial charge in [-0.15, -0.1) is 0 Å². The Hall–Kier alpha value is -1.22. The van der Waals surface area contributed by atoms with Gasteiger partial charge >= 0.3 is 0 Å².